The fourth-order valence-corrected chi connectivity index (χ4v) is 3.24. The second-order valence-electron chi connectivity index (χ2n) is 5.95. The van der Waals surface area contributed by atoms with E-state index in [9.17, 15) is 9.59 Å². The van der Waals surface area contributed by atoms with Crippen molar-refractivity contribution in [3.8, 4) is 0 Å². The van der Waals surface area contributed by atoms with Gasteiger partial charge in [0.15, 0.2) is 0 Å². The van der Waals surface area contributed by atoms with E-state index in [1.54, 1.807) is 0 Å². The number of nitrogens with zero attached hydrogens (tertiary/aromatic N) is 4. The lowest BCUT2D eigenvalue weighted by Crippen LogP contribution is -2.44. The molecular formula is C17H20N4O2S. The molecule has 2 aromatic rings. The monoisotopic (exact) mass is 344 g/mol. The van der Waals surface area contributed by atoms with E-state index in [0.717, 1.165) is 49.4 Å². The third kappa shape index (κ3) is 3.79. The van der Waals surface area contributed by atoms with Crippen LogP contribution in [0.4, 0.5) is 5.69 Å². The van der Waals surface area contributed by atoms with Gasteiger partial charge in [0.05, 0.1) is 6.20 Å². The molecule has 7 heteroatoms. The number of likely N-dealkylation sites (tertiary alicyclic amines) is 1. The van der Waals surface area contributed by atoms with Crippen molar-refractivity contribution in [2.45, 2.75) is 26.2 Å². The molecule has 1 saturated heterocycles. The van der Waals surface area contributed by atoms with E-state index in [2.05, 4.69) is 9.59 Å². The van der Waals surface area contributed by atoms with Gasteiger partial charge in [-0.1, -0.05) is 22.2 Å². The number of carbonyl (C=O) groups excluding carboxylic acids is 2. The van der Waals surface area contributed by atoms with E-state index in [1.165, 1.54) is 11.1 Å². The fraction of sp³-hybridized carbons (Fsp3) is 0.412. The smallest absolute Gasteiger partial charge is 0.272 e. The molecule has 0 unspecified atom stereocenters. The SMILES string of the molecule is Cc1ccc(N(CC(=O)N2CCCCC2)C(=O)c2cnns2)cc1. The molecule has 0 aliphatic carbocycles. The van der Waals surface area contributed by atoms with Gasteiger partial charge in [-0.25, -0.2) is 0 Å². The largest absolute Gasteiger partial charge is 0.341 e. The molecule has 0 atom stereocenters. The zero-order valence-electron chi connectivity index (χ0n) is 13.6. The van der Waals surface area contributed by atoms with Gasteiger partial charge in [-0.3, -0.25) is 14.5 Å². The van der Waals surface area contributed by atoms with E-state index >= 15 is 0 Å². The Morgan fingerprint density at radius 3 is 2.50 bits per heavy atom. The maximum Gasteiger partial charge on any atom is 0.272 e. The molecule has 1 aliphatic heterocycles. The highest BCUT2D eigenvalue weighted by atomic mass is 32.1. The van der Waals surface area contributed by atoms with Crippen molar-refractivity contribution >= 4 is 29.0 Å². The average molecular weight is 344 g/mol. The van der Waals surface area contributed by atoms with E-state index in [4.69, 9.17) is 0 Å². The van der Waals surface area contributed by atoms with Crippen LogP contribution < -0.4 is 4.90 Å². The topological polar surface area (TPSA) is 66.4 Å². The van der Waals surface area contributed by atoms with Gasteiger partial charge in [0.25, 0.3) is 5.91 Å². The first-order valence-corrected chi connectivity index (χ1v) is 8.86. The van der Waals surface area contributed by atoms with Crippen LogP contribution in [0.2, 0.25) is 0 Å². The molecule has 24 heavy (non-hydrogen) atoms. The van der Waals surface area contributed by atoms with Gasteiger partial charge in [0.2, 0.25) is 5.91 Å². The molecule has 1 aliphatic rings. The summed E-state index contributed by atoms with van der Waals surface area (Å²) in [5.74, 6) is -0.250. The molecule has 126 valence electrons. The first-order valence-electron chi connectivity index (χ1n) is 8.09. The minimum Gasteiger partial charge on any atom is -0.341 e. The number of aryl methyl sites for hydroxylation is 1. The van der Waals surface area contributed by atoms with Crippen molar-refractivity contribution in [3.63, 3.8) is 0 Å². The summed E-state index contributed by atoms with van der Waals surface area (Å²) in [5, 5.41) is 3.73. The van der Waals surface area contributed by atoms with Crippen molar-refractivity contribution in [1.82, 2.24) is 14.5 Å². The highest BCUT2D eigenvalue weighted by Gasteiger charge is 2.25. The lowest BCUT2D eigenvalue weighted by molar-refractivity contribution is -0.130. The van der Waals surface area contributed by atoms with Gasteiger partial charge in [-0.15, -0.1) is 5.10 Å². The van der Waals surface area contributed by atoms with Crippen molar-refractivity contribution in [1.29, 1.82) is 0 Å². The van der Waals surface area contributed by atoms with Gasteiger partial charge in [-0.2, -0.15) is 0 Å². The molecule has 0 spiro atoms. The summed E-state index contributed by atoms with van der Waals surface area (Å²) in [5.41, 5.74) is 1.82. The van der Waals surface area contributed by atoms with Crippen molar-refractivity contribution in [3.05, 3.63) is 40.9 Å². The summed E-state index contributed by atoms with van der Waals surface area (Å²) >= 11 is 1.04. The van der Waals surface area contributed by atoms with Crippen molar-refractivity contribution < 1.29 is 9.59 Å². The third-order valence-corrected chi connectivity index (χ3v) is 4.82. The minimum absolute atomic E-state index is 0.0129. The Labute approximate surface area is 145 Å². The number of anilines is 1. The summed E-state index contributed by atoms with van der Waals surface area (Å²) < 4.78 is 3.75. The van der Waals surface area contributed by atoms with Gasteiger partial charge in [0, 0.05) is 18.8 Å². The molecule has 1 aromatic carbocycles. The molecule has 2 amide bonds. The van der Waals surface area contributed by atoms with E-state index in [-0.39, 0.29) is 18.4 Å². The summed E-state index contributed by atoms with van der Waals surface area (Å²) in [6.45, 7) is 3.58. The van der Waals surface area contributed by atoms with E-state index in [1.807, 2.05) is 36.1 Å². The second-order valence-corrected chi connectivity index (χ2v) is 6.74. The zero-order chi connectivity index (χ0) is 16.9. The number of aromatic nitrogens is 2. The van der Waals surface area contributed by atoms with Crippen LogP contribution in [0.25, 0.3) is 0 Å². The number of hydrogen-bond donors (Lipinski definition) is 0. The van der Waals surface area contributed by atoms with Crippen LogP contribution in [0.3, 0.4) is 0 Å². The molecule has 0 saturated carbocycles. The summed E-state index contributed by atoms with van der Waals surface area (Å²) in [6, 6.07) is 7.61. The van der Waals surface area contributed by atoms with E-state index in [0.29, 0.717) is 10.6 Å². The Kier molecular flexibility index (Phi) is 5.20. The number of hydrogen-bond acceptors (Lipinski definition) is 5. The third-order valence-electron chi connectivity index (χ3n) is 4.17. The fourth-order valence-electron chi connectivity index (χ4n) is 2.78. The normalized spacial score (nSPS) is 14.5. The van der Waals surface area contributed by atoms with Gasteiger partial charge < -0.3 is 4.90 Å². The maximum absolute atomic E-state index is 12.8. The Morgan fingerprint density at radius 1 is 1.17 bits per heavy atom. The van der Waals surface area contributed by atoms with Crippen molar-refractivity contribution in [2.75, 3.05) is 24.5 Å². The lowest BCUT2D eigenvalue weighted by atomic mass is 10.1. The maximum atomic E-state index is 12.8. The Balaban J connectivity index is 1.82. The minimum atomic E-state index is -0.237. The van der Waals surface area contributed by atoms with E-state index < -0.39 is 0 Å². The van der Waals surface area contributed by atoms with Crippen LogP contribution >= 0.6 is 11.5 Å². The van der Waals surface area contributed by atoms with Crippen LogP contribution in [-0.2, 0) is 4.79 Å². The van der Waals surface area contributed by atoms with Crippen LogP contribution in [0.15, 0.2) is 30.5 Å². The highest BCUT2D eigenvalue weighted by Crippen LogP contribution is 2.20. The molecular weight excluding hydrogens is 324 g/mol. The number of benzene rings is 1. The molecule has 1 aromatic heterocycles. The van der Waals surface area contributed by atoms with Crippen LogP contribution in [-0.4, -0.2) is 45.9 Å². The van der Waals surface area contributed by atoms with Gasteiger partial charge in [0.1, 0.15) is 11.4 Å². The second kappa shape index (κ2) is 7.53. The molecule has 3 rings (SSSR count). The summed E-state index contributed by atoms with van der Waals surface area (Å²) in [7, 11) is 0. The van der Waals surface area contributed by atoms with Crippen LogP contribution in [0.5, 0.6) is 0 Å². The Bertz CT molecular complexity index is 694. The predicted octanol–water partition coefficient (Wildman–Crippen LogP) is 2.51. The first-order chi connectivity index (χ1) is 11.6. The lowest BCUT2D eigenvalue weighted by Gasteiger charge is -2.30. The van der Waals surface area contributed by atoms with Crippen molar-refractivity contribution in [2.24, 2.45) is 0 Å². The Morgan fingerprint density at radius 2 is 1.88 bits per heavy atom. The summed E-state index contributed by atoms with van der Waals surface area (Å²) in [6.07, 6.45) is 4.67. The standard InChI is InChI=1S/C17H20N4O2S/c1-13-5-7-14(8-6-13)21(17(23)15-11-18-19-24-15)12-16(22)20-9-3-2-4-10-20/h5-8,11H,2-4,9-10,12H2,1H3. The molecule has 6 nitrogen and oxygen atoms in total. The quantitative estimate of drug-likeness (QED) is 0.855. The van der Waals surface area contributed by atoms with Crippen LogP contribution in [0.1, 0.15) is 34.5 Å². The van der Waals surface area contributed by atoms with Gasteiger partial charge >= 0.3 is 0 Å². The number of rotatable bonds is 4. The number of amides is 2. The molecule has 0 bridgehead atoms. The number of carbonyl (C=O) groups is 2. The molecule has 0 radical (unpaired) electrons. The molecule has 0 N–H and O–H groups in total. The van der Waals surface area contributed by atoms with Crippen LogP contribution in [0, 0.1) is 6.92 Å². The molecule has 1 fully saturated rings. The Hall–Kier alpha value is -2.28. The highest BCUT2D eigenvalue weighted by molar-refractivity contribution is 7.07. The number of piperidine rings is 1. The first kappa shape index (κ1) is 16.6. The summed E-state index contributed by atoms with van der Waals surface area (Å²) in [4.78, 5) is 29.2. The zero-order valence-corrected chi connectivity index (χ0v) is 14.5. The van der Waals surface area contributed by atoms with Gasteiger partial charge in [-0.05, 0) is 49.9 Å². The predicted molar refractivity (Wildman–Crippen MR) is 93.2 cm³/mol. The molecule has 2 heterocycles. The average Bonchev–Trinajstić information content (AvgIpc) is 3.15.